The van der Waals surface area contributed by atoms with Crippen molar-refractivity contribution in [3.63, 3.8) is 0 Å². The molecular weight excluding hydrogens is 368 g/mol. The molecule has 1 aromatic rings. The van der Waals surface area contributed by atoms with Gasteiger partial charge in [-0.25, -0.2) is 0 Å². The molecule has 3 rings (SSSR count). The number of ether oxygens (including phenoxy) is 1. The Labute approximate surface area is 165 Å². The minimum Gasteiger partial charge on any atom is -0.379 e. The van der Waals surface area contributed by atoms with Crippen molar-refractivity contribution in [2.45, 2.75) is 18.6 Å². The quantitative estimate of drug-likeness (QED) is 0.558. The molecule has 0 spiro atoms. The highest BCUT2D eigenvalue weighted by Crippen LogP contribution is 2.33. The third kappa shape index (κ3) is 5.13. The summed E-state index contributed by atoms with van der Waals surface area (Å²) in [5, 5.41) is 0.478. The molecule has 6 heteroatoms. The lowest BCUT2D eigenvalue weighted by Gasteiger charge is -2.31. The van der Waals surface area contributed by atoms with Crippen LogP contribution in [0.3, 0.4) is 0 Å². The molecule has 26 heavy (non-hydrogen) atoms. The van der Waals surface area contributed by atoms with Crippen LogP contribution in [0, 0.1) is 0 Å². The number of rotatable bonds is 5. The highest BCUT2D eigenvalue weighted by Gasteiger charge is 2.27. The summed E-state index contributed by atoms with van der Waals surface area (Å²) in [6, 6.07) is 7.14. The predicted molar refractivity (Wildman–Crippen MR) is 109 cm³/mol. The van der Waals surface area contributed by atoms with Gasteiger partial charge in [0.1, 0.15) is 0 Å². The van der Waals surface area contributed by atoms with Gasteiger partial charge in [0, 0.05) is 42.5 Å². The van der Waals surface area contributed by atoms with Gasteiger partial charge in [-0.3, -0.25) is 9.69 Å². The maximum Gasteiger partial charge on any atom is 0.177 e. The Balaban J connectivity index is 1.68. The van der Waals surface area contributed by atoms with Gasteiger partial charge in [-0.2, -0.15) is 0 Å². The Morgan fingerprint density at radius 1 is 1.27 bits per heavy atom. The van der Waals surface area contributed by atoms with Crippen molar-refractivity contribution in [1.82, 2.24) is 9.21 Å². The van der Waals surface area contributed by atoms with Gasteiger partial charge in [0.25, 0.3) is 0 Å². The zero-order valence-corrected chi connectivity index (χ0v) is 16.7. The first kappa shape index (κ1) is 19.5. The van der Waals surface area contributed by atoms with Gasteiger partial charge < -0.3 is 9.04 Å². The van der Waals surface area contributed by atoms with Crippen molar-refractivity contribution in [3.05, 3.63) is 58.8 Å². The van der Waals surface area contributed by atoms with E-state index in [4.69, 9.17) is 16.3 Å². The first-order chi connectivity index (χ1) is 12.5. The molecule has 2 aliphatic rings. The second kappa shape index (κ2) is 9.09. The van der Waals surface area contributed by atoms with E-state index in [9.17, 15) is 4.79 Å². The Bertz CT molecular complexity index is 684. The number of nitrogens with zero attached hydrogens (tertiary/aromatic N) is 2. The molecule has 1 aromatic carbocycles. The first-order valence-electron chi connectivity index (χ1n) is 8.93. The normalized spacial score (nSPS) is 22.1. The summed E-state index contributed by atoms with van der Waals surface area (Å²) in [6.45, 7) is 11.6. The summed E-state index contributed by atoms with van der Waals surface area (Å²) >= 11 is 7.57. The SMILES string of the molecule is C=C1C=C(C)N(CCN2CCOCC2)SC(C(=O)c2ccc(Cl)cc2)C1. The van der Waals surface area contributed by atoms with Crippen molar-refractivity contribution in [3.8, 4) is 0 Å². The van der Waals surface area contributed by atoms with E-state index in [1.54, 1.807) is 36.2 Å². The summed E-state index contributed by atoms with van der Waals surface area (Å²) in [5.41, 5.74) is 2.85. The summed E-state index contributed by atoms with van der Waals surface area (Å²) in [4.78, 5) is 15.4. The molecule has 2 heterocycles. The highest BCUT2D eigenvalue weighted by molar-refractivity contribution is 7.98. The Morgan fingerprint density at radius 2 is 1.96 bits per heavy atom. The highest BCUT2D eigenvalue weighted by atomic mass is 35.5. The molecule has 140 valence electrons. The van der Waals surface area contributed by atoms with Crippen LogP contribution in [0.25, 0.3) is 0 Å². The number of carbonyl (C=O) groups is 1. The summed E-state index contributed by atoms with van der Waals surface area (Å²) in [6.07, 6.45) is 2.76. The largest absolute Gasteiger partial charge is 0.379 e. The van der Waals surface area contributed by atoms with Gasteiger partial charge in [-0.05, 0) is 55.6 Å². The molecule has 0 N–H and O–H groups in total. The number of hydrogen-bond acceptors (Lipinski definition) is 5. The van der Waals surface area contributed by atoms with Gasteiger partial charge in [0.2, 0.25) is 0 Å². The fraction of sp³-hybridized carbons (Fsp3) is 0.450. The molecule has 0 aliphatic carbocycles. The second-order valence-electron chi connectivity index (χ2n) is 6.67. The molecule has 0 aromatic heterocycles. The minimum absolute atomic E-state index is 0.132. The van der Waals surface area contributed by atoms with Crippen molar-refractivity contribution < 1.29 is 9.53 Å². The maximum absolute atomic E-state index is 13.0. The molecule has 0 saturated carbocycles. The van der Waals surface area contributed by atoms with Crippen LogP contribution in [0.15, 0.2) is 48.2 Å². The molecule has 2 aliphatic heterocycles. The molecule has 1 fully saturated rings. The maximum atomic E-state index is 13.0. The molecule has 1 saturated heterocycles. The van der Waals surface area contributed by atoms with Gasteiger partial charge >= 0.3 is 0 Å². The molecule has 4 nitrogen and oxygen atoms in total. The lowest BCUT2D eigenvalue weighted by atomic mass is 10.0. The van der Waals surface area contributed by atoms with Gasteiger partial charge in [-0.1, -0.05) is 23.8 Å². The average molecular weight is 393 g/mol. The number of Topliss-reactive ketones (excluding diaryl/α,β-unsaturated/α-hetero) is 1. The van der Waals surface area contributed by atoms with Crippen molar-refractivity contribution in [1.29, 1.82) is 0 Å². The minimum atomic E-state index is -0.165. The average Bonchev–Trinajstić information content (AvgIpc) is 2.78. The zero-order valence-electron chi connectivity index (χ0n) is 15.1. The number of hydrogen-bond donors (Lipinski definition) is 0. The number of morpholine rings is 1. The zero-order chi connectivity index (χ0) is 18.5. The van der Waals surface area contributed by atoms with E-state index < -0.39 is 0 Å². The summed E-state index contributed by atoms with van der Waals surface area (Å²) < 4.78 is 7.66. The van der Waals surface area contributed by atoms with Crippen molar-refractivity contribution in [2.75, 3.05) is 39.4 Å². The Kier molecular flexibility index (Phi) is 6.81. The van der Waals surface area contributed by atoms with E-state index in [-0.39, 0.29) is 11.0 Å². The summed E-state index contributed by atoms with van der Waals surface area (Å²) in [5.74, 6) is 0.132. The van der Waals surface area contributed by atoms with Gasteiger partial charge in [-0.15, -0.1) is 0 Å². The van der Waals surface area contributed by atoms with Crippen LogP contribution in [-0.2, 0) is 4.74 Å². The fourth-order valence-corrected chi connectivity index (χ4v) is 4.52. The number of benzene rings is 1. The second-order valence-corrected chi connectivity index (χ2v) is 8.33. The topological polar surface area (TPSA) is 32.8 Å². The van der Waals surface area contributed by atoms with Crippen LogP contribution in [-0.4, -0.2) is 59.6 Å². The van der Waals surface area contributed by atoms with Crippen LogP contribution in [0.2, 0.25) is 5.02 Å². The smallest absolute Gasteiger partial charge is 0.177 e. The molecule has 1 atom stereocenters. The fourth-order valence-electron chi connectivity index (χ4n) is 3.17. The number of carbonyl (C=O) groups excluding carboxylic acids is 1. The van der Waals surface area contributed by atoms with E-state index >= 15 is 0 Å². The van der Waals surface area contributed by atoms with E-state index in [1.807, 2.05) is 0 Å². The molecule has 1 unspecified atom stereocenters. The van der Waals surface area contributed by atoms with Crippen molar-refractivity contribution in [2.24, 2.45) is 0 Å². The van der Waals surface area contributed by atoms with E-state index in [1.165, 1.54) is 0 Å². The third-order valence-electron chi connectivity index (χ3n) is 4.65. The Hall–Kier alpha value is -1.27. The molecular formula is C20H25ClN2O2S. The third-order valence-corrected chi connectivity index (χ3v) is 6.26. The first-order valence-corrected chi connectivity index (χ1v) is 10.1. The lowest BCUT2D eigenvalue weighted by molar-refractivity contribution is 0.0371. The van der Waals surface area contributed by atoms with Gasteiger partial charge in [0.05, 0.1) is 18.5 Å². The lowest BCUT2D eigenvalue weighted by Crippen LogP contribution is -2.40. The number of ketones is 1. The molecule has 0 amide bonds. The van der Waals surface area contributed by atoms with Crippen LogP contribution >= 0.6 is 23.5 Å². The number of allylic oxidation sites excluding steroid dienone is 3. The monoisotopic (exact) mass is 392 g/mol. The number of halogens is 1. The summed E-state index contributed by atoms with van der Waals surface area (Å²) in [7, 11) is 0. The van der Waals surface area contributed by atoms with Crippen LogP contribution < -0.4 is 0 Å². The molecule has 0 bridgehead atoms. The van der Waals surface area contributed by atoms with E-state index in [0.29, 0.717) is 17.0 Å². The van der Waals surface area contributed by atoms with Crippen LogP contribution in [0.5, 0.6) is 0 Å². The van der Waals surface area contributed by atoms with Crippen molar-refractivity contribution >= 4 is 29.3 Å². The van der Waals surface area contributed by atoms with E-state index in [0.717, 1.165) is 50.7 Å². The van der Waals surface area contributed by atoms with Gasteiger partial charge in [0.15, 0.2) is 5.78 Å². The Morgan fingerprint density at radius 3 is 2.65 bits per heavy atom. The van der Waals surface area contributed by atoms with E-state index in [2.05, 4.69) is 28.8 Å². The standard InChI is InChI=1S/C20H25ClN2O2S/c1-15-13-16(2)23(8-7-22-9-11-25-12-10-22)26-19(14-15)20(24)17-3-5-18(21)6-4-17/h3-6,13,19H,1,7-12,14H2,2H3. The molecule has 0 radical (unpaired) electrons. The van der Waals surface area contributed by atoms with Crippen LogP contribution in [0.1, 0.15) is 23.7 Å². The van der Waals surface area contributed by atoms with Crippen LogP contribution in [0.4, 0.5) is 0 Å². The predicted octanol–water partition coefficient (Wildman–Crippen LogP) is 4.04.